The molecule has 7 nitrogen and oxygen atoms in total. The lowest BCUT2D eigenvalue weighted by atomic mass is 9.87. The van der Waals surface area contributed by atoms with E-state index >= 15 is 0 Å². The van der Waals surface area contributed by atoms with Crippen LogP contribution < -0.4 is 5.32 Å². The third-order valence-corrected chi connectivity index (χ3v) is 8.25. The molecule has 0 radical (unpaired) electrons. The molecule has 1 N–H and O–H groups in total. The first-order valence-electron chi connectivity index (χ1n) is 11.4. The number of rotatable bonds is 8. The fourth-order valence-corrected chi connectivity index (χ4v) is 6.38. The summed E-state index contributed by atoms with van der Waals surface area (Å²) in [5, 5.41) is 22.7. The van der Waals surface area contributed by atoms with Gasteiger partial charge in [-0.2, -0.15) is 0 Å². The first-order valence-corrected chi connectivity index (χ1v) is 13.2. The summed E-state index contributed by atoms with van der Waals surface area (Å²) in [6.45, 7) is 2.95. The molecule has 2 aliphatic rings. The summed E-state index contributed by atoms with van der Waals surface area (Å²) < 4.78 is 2.17. The van der Waals surface area contributed by atoms with Crippen LogP contribution in [0.1, 0.15) is 87.9 Å². The normalized spacial score (nSPS) is 18.6. The van der Waals surface area contributed by atoms with Crippen LogP contribution in [0.3, 0.4) is 0 Å². The molecule has 9 heteroatoms. The van der Waals surface area contributed by atoms with E-state index < -0.39 is 0 Å². The summed E-state index contributed by atoms with van der Waals surface area (Å²) >= 11 is 2.97. The van der Waals surface area contributed by atoms with Crippen LogP contribution in [0, 0.1) is 5.92 Å². The van der Waals surface area contributed by atoms with Crippen LogP contribution in [0.2, 0.25) is 0 Å². The maximum Gasteiger partial charge on any atom is 0.236 e. The van der Waals surface area contributed by atoms with E-state index in [4.69, 9.17) is 0 Å². The van der Waals surface area contributed by atoms with Gasteiger partial charge in [0.15, 0.2) is 5.16 Å². The number of carbonyl (C=O) groups is 1. The van der Waals surface area contributed by atoms with Gasteiger partial charge in [-0.25, -0.2) is 0 Å². The van der Waals surface area contributed by atoms with Crippen molar-refractivity contribution in [2.75, 3.05) is 11.1 Å². The van der Waals surface area contributed by atoms with E-state index in [1.54, 1.807) is 0 Å². The van der Waals surface area contributed by atoms with Gasteiger partial charge in [-0.1, -0.05) is 74.5 Å². The number of nitrogens with zero attached hydrogens (tertiary/aromatic N) is 5. The minimum atomic E-state index is -0.0640. The van der Waals surface area contributed by atoms with E-state index in [0.29, 0.717) is 16.8 Å². The number of thioether (sulfide) groups is 1. The van der Waals surface area contributed by atoms with Crippen LogP contribution in [0.5, 0.6) is 0 Å². The van der Waals surface area contributed by atoms with Crippen molar-refractivity contribution in [2.24, 2.45) is 5.92 Å². The molecule has 2 saturated carbocycles. The van der Waals surface area contributed by atoms with Gasteiger partial charge in [-0.3, -0.25) is 10.1 Å². The molecular formula is C21H32N6OS2. The van der Waals surface area contributed by atoms with E-state index in [-0.39, 0.29) is 5.91 Å². The fourth-order valence-electron chi connectivity index (χ4n) is 4.63. The lowest BCUT2D eigenvalue weighted by Crippen LogP contribution is -2.15. The molecule has 2 aromatic heterocycles. The van der Waals surface area contributed by atoms with E-state index in [2.05, 4.69) is 37.2 Å². The molecule has 2 fully saturated rings. The smallest absolute Gasteiger partial charge is 0.236 e. The third kappa shape index (κ3) is 5.60. The van der Waals surface area contributed by atoms with Crippen LogP contribution in [0.15, 0.2) is 5.16 Å². The van der Waals surface area contributed by atoms with Gasteiger partial charge < -0.3 is 4.57 Å². The molecule has 0 atom stereocenters. The number of hydrogen-bond acceptors (Lipinski definition) is 7. The van der Waals surface area contributed by atoms with E-state index in [0.717, 1.165) is 34.9 Å². The third-order valence-electron chi connectivity index (χ3n) is 6.28. The van der Waals surface area contributed by atoms with Gasteiger partial charge in [0.05, 0.1) is 5.75 Å². The highest BCUT2D eigenvalue weighted by Crippen LogP contribution is 2.35. The first kappa shape index (κ1) is 21.7. The Hall–Kier alpha value is -1.48. The van der Waals surface area contributed by atoms with Gasteiger partial charge >= 0.3 is 0 Å². The first-order chi connectivity index (χ1) is 14.7. The quantitative estimate of drug-likeness (QED) is 0.569. The average Bonchev–Trinajstić information content (AvgIpc) is 3.40. The van der Waals surface area contributed by atoms with Crippen molar-refractivity contribution < 1.29 is 4.79 Å². The maximum absolute atomic E-state index is 12.4. The molecule has 164 valence electrons. The van der Waals surface area contributed by atoms with Crippen molar-refractivity contribution in [3.05, 3.63) is 10.8 Å². The summed E-state index contributed by atoms with van der Waals surface area (Å²) in [7, 11) is 0. The summed E-state index contributed by atoms with van der Waals surface area (Å²) in [5.74, 6) is 2.55. The molecule has 0 aliphatic heterocycles. The molecule has 0 aromatic carbocycles. The van der Waals surface area contributed by atoms with Crippen molar-refractivity contribution in [1.29, 1.82) is 0 Å². The van der Waals surface area contributed by atoms with E-state index in [1.165, 1.54) is 87.3 Å². The Labute approximate surface area is 186 Å². The molecule has 0 saturated heterocycles. The Balaban J connectivity index is 1.29. The molecule has 30 heavy (non-hydrogen) atoms. The molecule has 0 bridgehead atoms. The number of nitrogens with one attached hydrogen (secondary N) is 1. The second kappa shape index (κ2) is 10.7. The van der Waals surface area contributed by atoms with Crippen molar-refractivity contribution in [1.82, 2.24) is 25.0 Å². The molecule has 0 spiro atoms. The molecule has 2 aromatic rings. The highest BCUT2D eigenvalue weighted by atomic mass is 32.2. The SMILES string of the molecule is CCn1c(CC2CCCCC2)nnc1SCC(=O)Nc1nnc(C2CCCCC2)s1. The van der Waals surface area contributed by atoms with Gasteiger partial charge in [0, 0.05) is 18.9 Å². The largest absolute Gasteiger partial charge is 0.306 e. The Bertz CT molecular complexity index is 823. The average molecular weight is 449 g/mol. The molecule has 1 amide bonds. The summed E-state index contributed by atoms with van der Waals surface area (Å²) in [6, 6.07) is 0. The zero-order valence-corrected chi connectivity index (χ0v) is 19.4. The molecule has 2 aliphatic carbocycles. The zero-order chi connectivity index (χ0) is 20.8. The van der Waals surface area contributed by atoms with Gasteiger partial charge in [-0.15, -0.1) is 20.4 Å². The highest BCUT2D eigenvalue weighted by Gasteiger charge is 2.21. The van der Waals surface area contributed by atoms with Gasteiger partial charge in [-0.05, 0) is 25.7 Å². The summed E-state index contributed by atoms with van der Waals surface area (Å²) in [4.78, 5) is 12.4. The second-order valence-corrected chi connectivity index (χ2v) is 10.4. The zero-order valence-electron chi connectivity index (χ0n) is 17.8. The van der Waals surface area contributed by atoms with Crippen LogP contribution in [0.25, 0.3) is 0 Å². The Morgan fingerprint density at radius 1 is 1.03 bits per heavy atom. The summed E-state index contributed by atoms with van der Waals surface area (Å²) in [6.07, 6.45) is 13.9. The number of amides is 1. The number of anilines is 1. The lowest BCUT2D eigenvalue weighted by molar-refractivity contribution is -0.113. The Kier molecular flexibility index (Phi) is 7.76. The monoisotopic (exact) mass is 448 g/mol. The maximum atomic E-state index is 12.4. The van der Waals surface area contributed by atoms with Crippen LogP contribution in [0.4, 0.5) is 5.13 Å². The summed E-state index contributed by atoms with van der Waals surface area (Å²) in [5.41, 5.74) is 0. The van der Waals surface area contributed by atoms with Crippen molar-refractivity contribution in [2.45, 2.75) is 95.2 Å². The number of carbonyl (C=O) groups excluding carboxylic acids is 1. The fraction of sp³-hybridized carbons (Fsp3) is 0.762. The van der Waals surface area contributed by atoms with Crippen molar-refractivity contribution in [3.63, 3.8) is 0 Å². The lowest BCUT2D eigenvalue weighted by Gasteiger charge is -2.21. The molecule has 0 unspecified atom stereocenters. The predicted molar refractivity (Wildman–Crippen MR) is 121 cm³/mol. The van der Waals surface area contributed by atoms with Crippen LogP contribution >= 0.6 is 23.1 Å². The second-order valence-electron chi connectivity index (χ2n) is 8.47. The standard InChI is InChI=1S/C21H32N6OS2/c1-2-27-17(13-15-9-5-3-6-10-15)23-26-21(27)29-14-18(28)22-20-25-24-19(30-20)16-11-7-4-8-12-16/h15-16H,2-14H2,1H3,(H,22,25,28). The minimum Gasteiger partial charge on any atom is -0.306 e. The number of hydrogen-bond donors (Lipinski definition) is 1. The Morgan fingerprint density at radius 2 is 1.77 bits per heavy atom. The minimum absolute atomic E-state index is 0.0640. The highest BCUT2D eigenvalue weighted by molar-refractivity contribution is 7.99. The van der Waals surface area contributed by atoms with E-state index in [9.17, 15) is 4.79 Å². The van der Waals surface area contributed by atoms with Crippen molar-refractivity contribution in [3.8, 4) is 0 Å². The molecular weight excluding hydrogens is 416 g/mol. The van der Waals surface area contributed by atoms with Crippen LogP contribution in [-0.2, 0) is 17.8 Å². The van der Waals surface area contributed by atoms with Gasteiger partial charge in [0.1, 0.15) is 10.8 Å². The van der Waals surface area contributed by atoms with E-state index in [1.807, 2.05) is 0 Å². The number of aromatic nitrogens is 5. The van der Waals surface area contributed by atoms with Crippen molar-refractivity contribution >= 4 is 34.1 Å². The molecule has 2 heterocycles. The van der Waals surface area contributed by atoms with Crippen LogP contribution in [-0.4, -0.2) is 36.6 Å². The molecule has 4 rings (SSSR count). The van der Waals surface area contributed by atoms with Gasteiger partial charge in [0.2, 0.25) is 11.0 Å². The van der Waals surface area contributed by atoms with Gasteiger partial charge in [0.25, 0.3) is 0 Å². The Morgan fingerprint density at radius 3 is 2.50 bits per heavy atom. The topological polar surface area (TPSA) is 85.6 Å². The predicted octanol–water partition coefficient (Wildman–Crippen LogP) is 5.05.